The van der Waals surface area contributed by atoms with Gasteiger partial charge >= 0.3 is 0 Å². The summed E-state index contributed by atoms with van der Waals surface area (Å²) >= 11 is 0. The third-order valence-corrected chi connectivity index (χ3v) is 1.31. The summed E-state index contributed by atoms with van der Waals surface area (Å²) in [6, 6.07) is 0. The van der Waals surface area contributed by atoms with E-state index in [0.29, 0.717) is 6.54 Å². The second-order valence-corrected chi connectivity index (χ2v) is 2.26. The van der Waals surface area contributed by atoms with Gasteiger partial charge in [0.15, 0.2) is 5.56 Å². The fourth-order valence-corrected chi connectivity index (χ4v) is 0.724. The Bertz CT molecular complexity index is 400. The molecule has 0 unspecified atom stereocenters. The van der Waals surface area contributed by atoms with Crippen LogP contribution in [0.5, 0.6) is 5.88 Å². The van der Waals surface area contributed by atoms with Crippen LogP contribution in [0.2, 0.25) is 0 Å². The Morgan fingerprint density at radius 1 is 1.77 bits per heavy atom. The highest BCUT2D eigenvalue weighted by Gasteiger charge is 2.02. The third-order valence-electron chi connectivity index (χ3n) is 1.31. The average molecular weight is 179 g/mol. The first-order valence-corrected chi connectivity index (χ1v) is 3.66. The van der Waals surface area contributed by atoms with E-state index in [4.69, 9.17) is 5.11 Å². The molecule has 0 bridgehead atoms. The highest BCUT2D eigenvalue weighted by molar-refractivity contribution is 5.38. The Hall–Kier alpha value is -1.80. The Balaban J connectivity index is 3.02. The first-order chi connectivity index (χ1) is 6.25. The van der Waals surface area contributed by atoms with Crippen LogP contribution in [0.15, 0.2) is 11.1 Å². The molecule has 0 aliphatic heterocycles. The van der Waals surface area contributed by atoms with Gasteiger partial charge in [0.05, 0.1) is 12.9 Å². The van der Waals surface area contributed by atoms with Crippen LogP contribution in [0.25, 0.3) is 0 Å². The first-order valence-electron chi connectivity index (χ1n) is 3.66. The second kappa shape index (κ2) is 4.28. The molecular weight excluding hydrogens is 170 g/mol. The van der Waals surface area contributed by atoms with Gasteiger partial charge in [-0.05, 0) is 7.05 Å². The van der Waals surface area contributed by atoms with E-state index in [2.05, 4.69) is 27.1 Å². The lowest BCUT2D eigenvalue weighted by atomic mass is 10.3. The van der Waals surface area contributed by atoms with Crippen molar-refractivity contribution in [3.63, 3.8) is 0 Å². The second-order valence-electron chi connectivity index (χ2n) is 2.26. The Morgan fingerprint density at radius 3 is 3.15 bits per heavy atom. The molecule has 1 rings (SSSR count). The smallest absolute Gasteiger partial charge is 0.270 e. The summed E-state index contributed by atoms with van der Waals surface area (Å²) in [4.78, 5) is 16.9. The molecule has 5 nitrogen and oxygen atoms in total. The SMILES string of the molecule is CNCC#Cc1c(O)nc[nH]c1=O. The van der Waals surface area contributed by atoms with Gasteiger partial charge in [-0.1, -0.05) is 11.8 Å². The molecule has 0 atom stereocenters. The number of hydrogen-bond acceptors (Lipinski definition) is 4. The van der Waals surface area contributed by atoms with Gasteiger partial charge in [-0.3, -0.25) is 4.79 Å². The van der Waals surface area contributed by atoms with E-state index in [0.717, 1.165) is 6.33 Å². The van der Waals surface area contributed by atoms with E-state index >= 15 is 0 Å². The number of H-pyrrole nitrogens is 1. The lowest BCUT2D eigenvalue weighted by Crippen LogP contribution is -2.11. The summed E-state index contributed by atoms with van der Waals surface area (Å²) in [5, 5.41) is 11.9. The number of rotatable bonds is 1. The lowest BCUT2D eigenvalue weighted by Gasteiger charge is -1.91. The van der Waals surface area contributed by atoms with Crippen LogP contribution >= 0.6 is 0 Å². The van der Waals surface area contributed by atoms with Crippen molar-refractivity contribution in [3.05, 3.63) is 22.2 Å². The Kier molecular flexibility index (Phi) is 3.06. The highest BCUT2D eigenvalue weighted by Crippen LogP contribution is 2.02. The molecule has 0 radical (unpaired) electrons. The minimum absolute atomic E-state index is 0.00208. The fourth-order valence-electron chi connectivity index (χ4n) is 0.724. The minimum atomic E-state index is -0.434. The maximum atomic E-state index is 11.1. The average Bonchev–Trinajstić information content (AvgIpc) is 2.10. The normalized spacial score (nSPS) is 9.00. The molecule has 1 aromatic heterocycles. The maximum Gasteiger partial charge on any atom is 0.270 e. The highest BCUT2D eigenvalue weighted by atomic mass is 16.3. The number of aromatic nitrogens is 2. The van der Waals surface area contributed by atoms with Crippen LogP contribution in [0.4, 0.5) is 0 Å². The van der Waals surface area contributed by atoms with Crippen molar-refractivity contribution in [3.8, 4) is 17.7 Å². The van der Waals surface area contributed by atoms with Crippen LogP contribution in [-0.4, -0.2) is 28.7 Å². The molecule has 1 heterocycles. The molecule has 0 fully saturated rings. The van der Waals surface area contributed by atoms with Gasteiger partial charge < -0.3 is 15.4 Å². The Morgan fingerprint density at radius 2 is 2.54 bits per heavy atom. The standard InChI is InChI=1S/C8H9N3O2/c1-9-4-2-3-6-7(12)10-5-11-8(6)13/h5,9H,4H2,1H3,(H2,10,11,12,13). The fraction of sp³-hybridized carbons (Fsp3) is 0.250. The number of nitrogens with one attached hydrogen (secondary N) is 2. The zero-order valence-electron chi connectivity index (χ0n) is 7.09. The van der Waals surface area contributed by atoms with E-state index in [9.17, 15) is 4.79 Å². The van der Waals surface area contributed by atoms with E-state index in [1.807, 2.05) is 0 Å². The summed E-state index contributed by atoms with van der Waals surface area (Å²) in [6.45, 7) is 0.452. The number of aromatic amines is 1. The lowest BCUT2D eigenvalue weighted by molar-refractivity contribution is 0.449. The van der Waals surface area contributed by atoms with Gasteiger partial charge in [0.1, 0.15) is 0 Å². The molecule has 0 aliphatic rings. The summed E-state index contributed by atoms with van der Waals surface area (Å²) < 4.78 is 0. The van der Waals surface area contributed by atoms with E-state index in [1.54, 1.807) is 7.05 Å². The molecule has 3 N–H and O–H groups in total. The summed E-state index contributed by atoms with van der Waals surface area (Å²) in [5.41, 5.74) is -0.436. The first kappa shape index (κ1) is 9.29. The van der Waals surface area contributed by atoms with E-state index in [-0.39, 0.29) is 11.4 Å². The molecule has 13 heavy (non-hydrogen) atoms. The third kappa shape index (κ3) is 2.32. The van der Waals surface area contributed by atoms with Crippen molar-refractivity contribution in [1.29, 1.82) is 0 Å². The monoisotopic (exact) mass is 179 g/mol. The van der Waals surface area contributed by atoms with Gasteiger partial charge in [0.2, 0.25) is 5.88 Å². The molecule has 0 saturated carbocycles. The largest absolute Gasteiger partial charge is 0.492 e. The molecule has 0 aromatic carbocycles. The van der Waals surface area contributed by atoms with Gasteiger partial charge in [0, 0.05) is 0 Å². The van der Waals surface area contributed by atoms with Gasteiger partial charge in [-0.15, -0.1) is 0 Å². The number of hydrogen-bond donors (Lipinski definition) is 3. The predicted molar refractivity (Wildman–Crippen MR) is 47.3 cm³/mol. The molecule has 1 aromatic rings. The molecular formula is C8H9N3O2. The molecule has 0 aliphatic carbocycles. The summed E-state index contributed by atoms with van der Waals surface area (Å²) in [6.07, 6.45) is 1.13. The number of aromatic hydroxyl groups is 1. The molecule has 0 saturated heterocycles. The maximum absolute atomic E-state index is 11.1. The quantitative estimate of drug-likeness (QED) is 0.485. The van der Waals surface area contributed by atoms with E-state index < -0.39 is 5.56 Å². The molecule has 5 heteroatoms. The number of nitrogens with zero attached hydrogens (tertiary/aromatic N) is 1. The van der Waals surface area contributed by atoms with Crippen molar-refractivity contribution < 1.29 is 5.11 Å². The predicted octanol–water partition coefficient (Wildman–Crippen LogP) is -0.954. The van der Waals surface area contributed by atoms with Gasteiger partial charge in [-0.2, -0.15) is 0 Å². The molecule has 0 amide bonds. The van der Waals surface area contributed by atoms with Crippen LogP contribution in [0.3, 0.4) is 0 Å². The van der Waals surface area contributed by atoms with Crippen molar-refractivity contribution in [2.45, 2.75) is 0 Å². The van der Waals surface area contributed by atoms with Crippen LogP contribution < -0.4 is 10.9 Å². The van der Waals surface area contributed by atoms with Crippen molar-refractivity contribution >= 4 is 0 Å². The zero-order valence-corrected chi connectivity index (χ0v) is 7.09. The topological polar surface area (TPSA) is 78.0 Å². The van der Waals surface area contributed by atoms with Crippen LogP contribution in [-0.2, 0) is 0 Å². The Labute approximate surface area is 74.8 Å². The van der Waals surface area contributed by atoms with Crippen molar-refractivity contribution in [2.75, 3.05) is 13.6 Å². The van der Waals surface area contributed by atoms with E-state index in [1.165, 1.54) is 0 Å². The molecule has 0 spiro atoms. The van der Waals surface area contributed by atoms with Crippen molar-refractivity contribution in [2.24, 2.45) is 0 Å². The van der Waals surface area contributed by atoms with Gasteiger partial charge in [0.25, 0.3) is 5.56 Å². The zero-order chi connectivity index (χ0) is 9.68. The van der Waals surface area contributed by atoms with Crippen molar-refractivity contribution in [1.82, 2.24) is 15.3 Å². The summed E-state index contributed by atoms with van der Waals surface area (Å²) in [7, 11) is 1.74. The minimum Gasteiger partial charge on any atom is -0.492 e. The van der Waals surface area contributed by atoms with Gasteiger partial charge in [-0.25, -0.2) is 4.98 Å². The van der Waals surface area contributed by atoms with Crippen LogP contribution in [0, 0.1) is 11.8 Å². The van der Waals surface area contributed by atoms with Crippen LogP contribution in [0.1, 0.15) is 5.56 Å². The summed E-state index contributed by atoms with van der Waals surface area (Å²) in [5.74, 6) is 4.82. The molecule has 68 valence electrons.